The number of aromatic amines is 1. The van der Waals surface area contributed by atoms with Crippen LogP contribution in [0.5, 0.6) is 0 Å². The Bertz CT molecular complexity index is 1010. The third-order valence-electron chi connectivity index (χ3n) is 5.68. The van der Waals surface area contributed by atoms with Gasteiger partial charge >= 0.3 is 6.18 Å². The van der Waals surface area contributed by atoms with Crippen molar-refractivity contribution in [3.8, 4) is 0 Å². The van der Waals surface area contributed by atoms with Gasteiger partial charge in [0.25, 0.3) is 5.91 Å². The molecule has 1 aromatic heterocycles. The highest BCUT2D eigenvalue weighted by atomic mass is 19.4. The molecule has 2 aliphatic rings. The summed E-state index contributed by atoms with van der Waals surface area (Å²) in [5, 5.41) is 0. The number of nitrogens with zero attached hydrogens (tertiary/aromatic N) is 2. The van der Waals surface area contributed by atoms with Crippen molar-refractivity contribution >= 4 is 11.8 Å². The second kappa shape index (κ2) is 7.62. The van der Waals surface area contributed by atoms with E-state index in [0.717, 1.165) is 6.07 Å². The number of rotatable bonds is 3. The zero-order chi connectivity index (χ0) is 21.5. The van der Waals surface area contributed by atoms with Crippen molar-refractivity contribution in [1.29, 1.82) is 0 Å². The molecule has 1 aromatic carbocycles. The highest BCUT2D eigenvalue weighted by molar-refractivity contribution is 5.94. The molecule has 1 aliphatic heterocycles. The van der Waals surface area contributed by atoms with E-state index in [0.29, 0.717) is 38.2 Å². The van der Waals surface area contributed by atoms with Crippen molar-refractivity contribution < 1.29 is 22.8 Å². The molecule has 2 fully saturated rings. The van der Waals surface area contributed by atoms with Crippen molar-refractivity contribution in [1.82, 2.24) is 14.8 Å². The summed E-state index contributed by atoms with van der Waals surface area (Å²) in [6.45, 7) is 1.33. The quantitative estimate of drug-likeness (QED) is 0.831. The second-order valence-electron chi connectivity index (χ2n) is 7.59. The van der Waals surface area contributed by atoms with Crippen LogP contribution in [0.25, 0.3) is 0 Å². The summed E-state index contributed by atoms with van der Waals surface area (Å²) in [6, 6.07) is 8.14. The summed E-state index contributed by atoms with van der Waals surface area (Å²) < 4.78 is 39.7. The van der Waals surface area contributed by atoms with Crippen LogP contribution in [0.3, 0.4) is 0 Å². The van der Waals surface area contributed by atoms with E-state index in [1.807, 2.05) is 0 Å². The van der Waals surface area contributed by atoms with Gasteiger partial charge in [-0.3, -0.25) is 14.4 Å². The van der Waals surface area contributed by atoms with Crippen LogP contribution in [0.15, 0.2) is 47.4 Å². The first-order valence-electron chi connectivity index (χ1n) is 9.68. The number of H-pyrrole nitrogens is 1. The molecule has 1 N–H and O–H groups in total. The monoisotopic (exact) mass is 419 g/mol. The summed E-state index contributed by atoms with van der Waals surface area (Å²) in [6.07, 6.45) is -2.68. The fraction of sp³-hybridized carbons (Fsp3) is 0.381. The van der Waals surface area contributed by atoms with Gasteiger partial charge in [-0.25, -0.2) is 0 Å². The molecule has 30 heavy (non-hydrogen) atoms. The van der Waals surface area contributed by atoms with Gasteiger partial charge in [-0.2, -0.15) is 13.2 Å². The van der Waals surface area contributed by atoms with Crippen molar-refractivity contribution in [2.45, 2.75) is 18.5 Å². The highest BCUT2D eigenvalue weighted by Crippen LogP contribution is 2.51. The minimum atomic E-state index is -4.44. The van der Waals surface area contributed by atoms with Crippen LogP contribution in [0.2, 0.25) is 0 Å². The first kappa shape index (κ1) is 20.2. The molecule has 9 heteroatoms. The maximum atomic E-state index is 13.2. The van der Waals surface area contributed by atoms with Crippen LogP contribution in [-0.4, -0.2) is 52.8 Å². The molecule has 6 nitrogen and oxygen atoms in total. The van der Waals surface area contributed by atoms with Crippen molar-refractivity contribution in [2.75, 3.05) is 26.2 Å². The second-order valence-corrected chi connectivity index (χ2v) is 7.59. The summed E-state index contributed by atoms with van der Waals surface area (Å²) in [5.74, 6) is -1.26. The Morgan fingerprint density at radius 2 is 1.63 bits per heavy atom. The molecule has 1 aliphatic carbocycles. The number of benzene rings is 1. The van der Waals surface area contributed by atoms with Crippen molar-refractivity contribution in [3.05, 3.63) is 69.6 Å². The first-order valence-corrected chi connectivity index (χ1v) is 9.68. The third-order valence-corrected chi connectivity index (χ3v) is 5.68. The standard InChI is InChI=1S/C21H20F3N3O3/c22-21(23,24)17-4-2-1-3-14(17)15-11-16(15)20(30)27-9-7-26(8-10-27)19(29)13-5-6-18(28)25-12-13/h1-6,12,15-16H,7-11H2,(H,25,28). The highest BCUT2D eigenvalue weighted by Gasteiger charge is 2.49. The minimum Gasteiger partial charge on any atom is -0.339 e. The average molecular weight is 419 g/mol. The third kappa shape index (κ3) is 3.96. The molecule has 1 saturated heterocycles. The SMILES string of the molecule is O=C(c1ccc(=O)[nH]c1)N1CCN(C(=O)C2CC2c2ccccc2C(F)(F)F)CC1. The zero-order valence-corrected chi connectivity index (χ0v) is 16.0. The van der Waals surface area contributed by atoms with Gasteiger partial charge in [0.1, 0.15) is 0 Å². The molecule has 158 valence electrons. The Morgan fingerprint density at radius 1 is 0.967 bits per heavy atom. The Kier molecular flexibility index (Phi) is 5.13. The van der Waals surface area contributed by atoms with E-state index < -0.39 is 23.6 Å². The van der Waals surface area contributed by atoms with E-state index in [4.69, 9.17) is 0 Å². The van der Waals surface area contributed by atoms with Crippen LogP contribution in [0, 0.1) is 5.92 Å². The Hall–Kier alpha value is -3.10. The lowest BCUT2D eigenvalue weighted by Crippen LogP contribution is -2.51. The molecule has 0 spiro atoms. The number of hydrogen-bond acceptors (Lipinski definition) is 3. The molecular weight excluding hydrogens is 399 g/mol. The maximum Gasteiger partial charge on any atom is 0.416 e. The minimum absolute atomic E-state index is 0.159. The molecule has 2 heterocycles. The van der Waals surface area contributed by atoms with Crippen LogP contribution >= 0.6 is 0 Å². The number of pyridine rings is 1. The maximum absolute atomic E-state index is 13.2. The largest absolute Gasteiger partial charge is 0.416 e. The molecule has 1 saturated carbocycles. The van der Waals surface area contributed by atoms with Gasteiger partial charge in [0.15, 0.2) is 0 Å². The van der Waals surface area contributed by atoms with Crippen molar-refractivity contribution in [2.24, 2.45) is 5.92 Å². The molecule has 4 rings (SSSR count). The average Bonchev–Trinajstić information content (AvgIpc) is 3.54. The van der Waals surface area contributed by atoms with Gasteiger partial charge in [-0.05, 0) is 30.0 Å². The van der Waals surface area contributed by atoms with E-state index in [1.165, 1.54) is 30.5 Å². The van der Waals surface area contributed by atoms with Gasteiger partial charge in [-0.15, -0.1) is 0 Å². The van der Waals surface area contributed by atoms with Crippen LogP contribution in [0.1, 0.15) is 33.8 Å². The lowest BCUT2D eigenvalue weighted by atomic mass is 10.0. The predicted octanol–water partition coefficient (Wildman–Crippen LogP) is 2.48. The van der Waals surface area contributed by atoms with E-state index in [2.05, 4.69) is 4.98 Å². The van der Waals surface area contributed by atoms with Gasteiger partial charge in [0.05, 0.1) is 11.1 Å². The lowest BCUT2D eigenvalue weighted by molar-refractivity contribution is -0.139. The predicted molar refractivity (Wildman–Crippen MR) is 102 cm³/mol. The van der Waals surface area contributed by atoms with Gasteiger partial charge in [0.2, 0.25) is 11.5 Å². The topological polar surface area (TPSA) is 73.5 Å². The normalized spacial score (nSPS) is 21.4. The summed E-state index contributed by atoms with van der Waals surface area (Å²) in [5.41, 5.74) is -0.440. The lowest BCUT2D eigenvalue weighted by Gasteiger charge is -2.35. The Morgan fingerprint density at radius 3 is 2.27 bits per heavy atom. The zero-order valence-electron chi connectivity index (χ0n) is 16.0. The number of carbonyl (C=O) groups excluding carboxylic acids is 2. The van der Waals surface area contributed by atoms with Crippen LogP contribution in [-0.2, 0) is 11.0 Å². The van der Waals surface area contributed by atoms with Gasteiger partial charge < -0.3 is 14.8 Å². The van der Waals surface area contributed by atoms with E-state index in [-0.39, 0.29) is 22.9 Å². The number of nitrogens with one attached hydrogen (secondary N) is 1. The number of hydrogen-bond donors (Lipinski definition) is 1. The molecular formula is C21H20F3N3O3. The fourth-order valence-electron chi connectivity index (χ4n) is 3.98. The summed E-state index contributed by atoms with van der Waals surface area (Å²) >= 11 is 0. The molecule has 0 bridgehead atoms. The number of amides is 2. The van der Waals surface area contributed by atoms with Gasteiger partial charge in [0, 0.05) is 44.4 Å². The molecule has 2 unspecified atom stereocenters. The summed E-state index contributed by atoms with van der Waals surface area (Å²) in [7, 11) is 0. The van der Waals surface area contributed by atoms with E-state index >= 15 is 0 Å². The fourth-order valence-corrected chi connectivity index (χ4v) is 3.98. The number of carbonyl (C=O) groups is 2. The van der Waals surface area contributed by atoms with Crippen molar-refractivity contribution in [3.63, 3.8) is 0 Å². The first-order chi connectivity index (χ1) is 14.3. The molecule has 2 aromatic rings. The number of alkyl halides is 3. The van der Waals surface area contributed by atoms with Crippen LogP contribution in [0.4, 0.5) is 13.2 Å². The number of aromatic nitrogens is 1. The van der Waals surface area contributed by atoms with E-state index in [9.17, 15) is 27.6 Å². The Labute approximate surface area is 170 Å². The van der Waals surface area contributed by atoms with E-state index in [1.54, 1.807) is 15.9 Å². The van der Waals surface area contributed by atoms with Crippen LogP contribution < -0.4 is 5.56 Å². The number of piperazine rings is 1. The molecule has 2 amide bonds. The molecule has 0 radical (unpaired) electrons. The Balaban J connectivity index is 1.37. The molecule has 2 atom stereocenters. The summed E-state index contributed by atoms with van der Waals surface area (Å²) in [4.78, 5) is 42.1. The number of halogens is 3. The van der Waals surface area contributed by atoms with Gasteiger partial charge in [-0.1, -0.05) is 18.2 Å². The smallest absolute Gasteiger partial charge is 0.339 e.